The number of likely N-dealkylation sites (tertiary alicyclic amines) is 1. The molecule has 2 fully saturated rings. The van der Waals surface area contributed by atoms with Gasteiger partial charge in [-0.3, -0.25) is 9.59 Å². The fraction of sp³-hybridized carbons (Fsp3) is 0.529. The van der Waals surface area contributed by atoms with Gasteiger partial charge in [0, 0.05) is 30.6 Å². The Balaban J connectivity index is 1.55. The number of hydrogen-bond acceptors (Lipinski definition) is 2. The van der Waals surface area contributed by atoms with Gasteiger partial charge in [0.15, 0.2) is 0 Å². The molecule has 3 rings (SSSR count). The summed E-state index contributed by atoms with van der Waals surface area (Å²) in [5, 5.41) is 3.78. The monoisotopic (exact) mass is 354 g/mol. The second-order valence-electron chi connectivity index (χ2n) is 6.35. The second-order valence-corrected chi connectivity index (χ2v) is 7.17. The first-order chi connectivity index (χ1) is 11.0. The molecule has 1 saturated carbocycles. The number of nitrogens with zero attached hydrogens (tertiary/aromatic N) is 1. The lowest BCUT2D eigenvalue weighted by atomic mass is 10.1. The van der Waals surface area contributed by atoms with Crippen molar-refractivity contribution in [3.63, 3.8) is 0 Å². The molecule has 1 N–H and O–H groups in total. The van der Waals surface area contributed by atoms with Crippen LogP contribution in [0, 0.1) is 5.92 Å². The van der Waals surface area contributed by atoms with Crippen LogP contribution in [0.1, 0.15) is 42.5 Å². The van der Waals surface area contributed by atoms with Gasteiger partial charge in [-0.1, -0.05) is 36.0 Å². The van der Waals surface area contributed by atoms with Crippen LogP contribution in [0.2, 0.25) is 10.0 Å². The zero-order chi connectivity index (χ0) is 16.4. The van der Waals surface area contributed by atoms with Gasteiger partial charge in [0.05, 0.1) is 10.0 Å². The first kappa shape index (κ1) is 16.6. The lowest BCUT2D eigenvalue weighted by Gasteiger charge is -2.20. The van der Waals surface area contributed by atoms with E-state index in [9.17, 15) is 9.59 Å². The molecule has 1 aromatic carbocycles. The number of rotatable bonds is 3. The maximum atomic E-state index is 12.4. The summed E-state index contributed by atoms with van der Waals surface area (Å²) in [6.45, 7) is 1.32. The maximum absolute atomic E-state index is 12.4. The van der Waals surface area contributed by atoms with E-state index in [4.69, 9.17) is 23.2 Å². The lowest BCUT2D eigenvalue weighted by molar-refractivity contribution is -0.134. The predicted octanol–water partition coefficient (Wildman–Crippen LogP) is 3.51. The topological polar surface area (TPSA) is 49.4 Å². The van der Waals surface area contributed by atoms with E-state index in [2.05, 4.69) is 5.32 Å². The third kappa shape index (κ3) is 3.81. The van der Waals surface area contributed by atoms with Crippen molar-refractivity contribution in [2.75, 3.05) is 13.1 Å². The molecule has 2 amide bonds. The van der Waals surface area contributed by atoms with Crippen molar-refractivity contribution in [2.45, 2.75) is 38.1 Å². The van der Waals surface area contributed by atoms with Crippen LogP contribution in [-0.2, 0) is 4.79 Å². The number of halogens is 2. The molecule has 0 spiro atoms. The Hall–Kier alpha value is -1.26. The molecule has 1 unspecified atom stereocenters. The first-order valence-electron chi connectivity index (χ1n) is 8.09. The summed E-state index contributed by atoms with van der Waals surface area (Å²) >= 11 is 11.8. The van der Waals surface area contributed by atoms with Crippen molar-refractivity contribution in [1.82, 2.24) is 10.2 Å². The van der Waals surface area contributed by atoms with Crippen LogP contribution in [-0.4, -0.2) is 35.8 Å². The van der Waals surface area contributed by atoms with E-state index in [0.717, 1.165) is 38.6 Å². The van der Waals surface area contributed by atoms with Crippen LogP contribution in [0.3, 0.4) is 0 Å². The molecule has 4 nitrogen and oxygen atoms in total. The second kappa shape index (κ2) is 7.10. The maximum Gasteiger partial charge on any atom is 0.251 e. The number of carbonyl (C=O) groups excluding carboxylic acids is 2. The van der Waals surface area contributed by atoms with E-state index in [1.54, 1.807) is 18.2 Å². The highest BCUT2D eigenvalue weighted by atomic mass is 35.5. The quantitative estimate of drug-likeness (QED) is 0.902. The van der Waals surface area contributed by atoms with Gasteiger partial charge < -0.3 is 10.2 Å². The number of carbonyl (C=O) groups is 2. The molecule has 0 bridgehead atoms. The minimum absolute atomic E-state index is 0.00214. The van der Waals surface area contributed by atoms with Crippen molar-refractivity contribution in [2.24, 2.45) is 5.92 Å². The van der Waals surface area contributed by atoms with Crippen molar-refractivity contribution in [3.05, 3.63) is 33.8 Å². The van der Waals surface area contributed by atoms with Gasteiger partial charge in [-0.2, -0.15) is 0 Å². The van der Waals surface area contributed by atoms with Crippen molar-refractivity contribution >= 4 is 35.0 Å². The molecule has 6 heteroatoms. The van der Waals surface area contributed by atoms with E-state index < -0.39 is 0 Å². The van der Waals surface area contributed by atoms with E-state index in [-0.39, 0.29) is 23.8 Å². The molecule has 0 aromatic heterocycles. The van der Waals surface area contributed by atoms with Gasteiger partial charge in [-0.25, -0.2) is 0 Å². The fourth-order valence-corrected chi connectivity index (χ4v) is 3.71. The molecule has 1 aliphatic heterocycles. The van der Waals surface area contributed by atoms with Crippen molar-refractivity contribution in [1.29, 1.82) is 0 Å². The van der Waals surface area contributed by atoms with Crippen LogP contribution in [0.5, 0.6) is 0 Å². The molecule has 1 aromatic rings. The summed E-state index contributed by atoms with van der Waals surface area (Å²) in [4.78, 5) is 26.6. The van der Waals surface area contributed by atoms with Crippen molar-refractivity contribution < 1.29 is 9.59 Å². The molecule has 1 aliphatic carbocycles. The summed E-state index contributed by atoms with van der Waals surface area (Å²) in [5.41, 5.74) is 0.486. The molecule has 23 heavy (non-hydrogen) atoms. The minimum Gasteiger partial charge on any atom is -0.347 e. The molecule has 2 aliphatic rings. The molecule has 124 valence electrons. The van der Waals surface area contributed by atoms with Gasteiger partial charge in [-0.05, 0) is 37.5 Å². The summed E-state index contributed by atoms with van der Waals surface area (Å²) in [6, 6.07) is 4.83. The smallest absolute Gasteiger partial charge is 0.251 e. The highest BCUT2D eigenvalue weighted by Gasteiger charge is 2.32. The SMILES string of the molecule is O=C(NC1CCN(C(=O)C2CCCC2)C1)c1ccc(Cl)c(Cl)c1. The zero-order valence-corrected chi connectivity index (χ0v) is 14.4. The summed E-state index contributed by atoms with van der Waals surface area (Å²) in [7, 11) is 0. The Labute approximate surface area is 146 Å². The zero-order valence-electron chi connectivity index (χ0n) is 12.9. The average Bonchev–Trinajstić information content (AvgIpc) is 3.20. The normalized spacial score (nSPS) is 21.7. The summed E-state index contributed by atoms with van der Waals surface area (Å²) in [5.74, 6) is 0.275. The fourth-order valence-electron chi connectivity index (χ4n) is 3.42. The van der Waals surface area contributed by atoms with Crippen LogP contribution < -0.4 is 5.32 Å². The third-order valence-electron chi connectivity index (χ3n) is 4.72. The minimum atomic E-state index is -0.177. The summed E-state index contributed by atoms with van der Waals surface area (Å²) in [6.07, 6.45) is 5.13. The largest absolute Gasteiger partial charge is 0.347 e. The van der Waals surface area contributed by atoms with Crippen LogP contribution >= 0.6 is 23.2 Å². The predicted molar refractivity (Wildman–Crippen MR) is 90.9 cm³/mol. The van der Waals surface area contributed by atoms with E-state index in [1.807, 2.05) is 4.90 Å². The van der Waals surface area contributed by atoms with Gasteiger partial charge in [-0.15, -0.1) is 0 Å². The summed E-state index contributed by atoms with van der Waals surface area (Å²) < 4.78 is 0. The number of benzene rings is 1. The molecule has 1 saturated heterocycles. The van der Waals surface area contributed by atoms with Crippen molar-refractivity contribution in [3.8, 4) is 0 Å². The van der Waals surface area contributed by atoms with Gasteiger partial charge in [0.1, 0.15) is 0 Å². The van der Waals surface area contributed by atoms with Gasteiger partial charge in [0.25, 0.3) is 5.91 Å². The van der Waals surface area contributed by atoms with Gasteiger partial charge >= 0.3 is 0 Å². The Morgan fingerprint density at radius 1 is 1.09 bits per heavy atom. The van der Waals surface area contributed by atoms with E-state index in [1.165, 1.54) is 0 Å². The Morgan fingerprint density at radius 3 is 2.52 bits per heavy atom. The van der Waals surface area contributed by atoms with Crippen LogP contribution in [0.15, 0.2) is 18.2 Å². The van der Waals surface area contributed by atoms with Crippen LogP contribution in [0.25, 0.3) is 0 Å². The highest BCUT2D eigenvalue weighted by Crippen LogP contribution is 2.28. The van der Waals surface area contributed by atoms with E-state index >= 15 is 0 Å². The average molecular weight is 355 g/mol. The number of hydrogen-bond donors (Lipinski definition) is 1. The third-order valence-corrected chi connectivity index (χ3v) is 5.46. The van der Waals surface area contributed by atoms with Gasteiger partial charge in [0.2, 0.25) is 5.91 Å². The first-order valence-corrected chi connectivity index (χ1v) is 8.85. The molecule has 0 radical (unpaired) electrons. The van der Waals surface area contributed by atoms with E-state index in [0.29, 0.717) is 22.2 Å². The Kier molecular flexibility index (Phi) is 5.12. The standard InChI is InChI=1S/C17H20Cl2N2O2/c18-14-6-5-12(9-15(14)19)16(22)20-13-7-8-21(10-13)17(23)11-3-1-2-4-11/h5-6,9,11,13H,1-4,7-8,10H2,(H,20,22). The molecule has 1 heterocycles. The molecular formula is C17H20Cl2N2O2. The highest BCUT2D eigenvalue weighted by molar-refractivity contribution is 6.42. The molecule has 1 atom stereocenters. The number of nitrogens with one attached hydrogen (secondary N) is 1. The Bertz CT molecular complexity index is 615. The Morgan fingerprint density at radius 2 is 1.83 bits per heavy atom. The lowest BCUT2D eigenvalue weighted by Crippen LogP contribution is -2.39. The molecular weight excluding hydrogens is 335 g/mol. The van der Waals surface area contributed by atoms with Crippen LogP contribution in [0.4, 0.5) is 0 Å². The number of amides is 2.